The van der Waals surface area contributed by atoms with Crippen molar-refractivity contribution in [1.29, 1.82) is 0 Å². The first-order valence-corrected chi connectivity index (χ1v) is 8.98. The molecule has 0 aliphatic carbocycles. The summed E-state index contributed by atoms with van der Waals surface area (Å²) in [5.41, 5.74) is 3.79. The van der Waals surface area contributed by atoms with Crippen LogP contribution >= 0.6 is 11.6 Å². The molecular formula is C20H21ClN4O2. The van der Waals surface area contributed by atoms with E-state index in [1.54, 1.807) is 18.0 Å². The molecular weight excluding hydrogens is 364 g/mol. The SMILES string of the molecule is Cc1ccc(NC(=O)N(C)CCc2noc(-c3ccccc3Cl)n2)cc1C. The van der Waals surface area contributed by atoms with E-state index in [-0.39, 0.29) is 6.03 Å². The normalized spacial score (nSPS) is 10.7. The number of benzene rings is 2. The summed E-state index contributed by atoms with van der Waals surface area (Å²) in [5, 5.41) is 7.41. The fourth-order valence-corrected chi connectivity index (χ4v) is 2.72. The molecule has 1 N–H and O–H groups in total. The van der Waals surface area contributed by atoms with Gasteiger partial charge in [-0.1, -0.05) is 35.0 Å². The third-order valence-electron chi connectivity index (χ3n) is 4.35. The van der Waals surface area contributed by atoms with Gasteiger partial charge in [0.15, 0.2) is 5.82 Å². The number of anilines is 1. The maximum Gasteiger partial charge on any atom is 0.321 e. The van der Waals surface area contributed by atoms with Gasteiger partial charge in [-0.2, -0.15) is 4.98 Å². The zero-order valence-corrected chi connectivity index (χ0v) is 16.2. The van der Waals surface area contributed by atoms with Crippen molar-refractivity contribution in [3.63, 3.8) is 0 Å². The number of aromatic nitrogens is 2. The zero-order chi connectivity index (χ0) is 19.4. The zero-order valence-electron chi connectivity index (χ0n) is 15.5. The first kappa shape index (κ1) is 18.9. The summed E-state index contributed by atoms with van der Waals surface area (Å²) in [4.78, 5) is 18.3. The van der Waals surface area contributed by atoms with E-state index < -0.39 is 0 Å². The van der Waals surface area contributed by atoms with Gasteiger partial charge in [0.25, 0.3) is 5.89 Å². The highest BCUT2D eigenvalue weighted by atomic mass is 35.5. The Kier molecular flexibility index (Phi) is 5.76. The van der Waals surface area contributed by atoms with E-state index in [0.29, 0.717) is 35.3 Å². The fraction of sp³-hybridized carbons (Fsp3) is 0.250. The van der Waals surface area contributed by atoms with Gasteiger partial charge in [0.05, 0.1) is 10.6 Å². The summed E-state index contributed by atoms with van der Waals surface area (Å²) in [6.45, 7) is 4.51. The van der Waals surface area contributed by atoms with Crippen molar-refractivity contribution >= 4 is 23.3 Å². The minimum atomic E-state index is -0.187. The van der Waals surface area contributed by atoms with Crippen molar-refractivity contribution in [3.8, 4) is 11.5 Å². The molecule has 0 spiro atoms. The molecule has 0 aliphatic rings. The number of hydrogen-bond acceptors (Lipinski definition) is 4. The van der Waals surface area contributed by atoms with Gasteiger partial charge in [-0.25, -0.2) is 4.79 Å². The smallest absolute Gasteiger partial charge is 0.321 e. The second-order valence-corrected chi connectivity index (χ2v) is 6.80. The maximum atomic E-state index is 12.3. The number of aryl methyl sites for hydroxylation is 2. The molecule has 3 rings (SSSR count). The van der Waals surface area contributed by atoms with Gasteiger partial charge >= 0.3 is 6.03 Å². The van der Waals surface area contributed by atoms with Crippen LogP contribution < -0.4 is 5.32 Å². The average Bonchev–Trinajstić information content (AvgIpc) is 3.12. The third-order valence-corrected chi connectivity index (χ3v) is 4.68. The summed E-state index contributed by atoms with van der Waals surface area (Å²) in [5.74, 6) is 0.897. The van der Waals surface area contributed by atoms with Crippen LogP contribution in [0.4, 0.5) is 10.5 Å². The monoisotopic (exact) mass is 384 g/mol. The van der Waals surface area contributed by atoms with Crippen LogP contribution in [0.25, 0.3) is 11.5 Å². The molecule has 0 saturated heterocycles. The Morgan fingerprint density at radius 3 is 2.70 bits per heavy atom. The number of likely N-dealkylation sites (N-methyl/N-ethyl adjacent to an activating group) is 1. The van der Waals surface area contributed by atoms with Gasteiger partial charge in [0.2, 0.25) is 0 Å². The Bertz CT molecular complexity index is 955. The Morgan fingerprint density at radius 1 is 1.19 bits per heavy atom. The molecule has 0 saturated carbocycles. The van der Waals surface area contributed by atoms with Gasteiger partial charge < -0.3 is 14.7 Å². The van der Waals surface area contributed by atoms with Gasteiger partial charge in [0, 0.05) is 25.7 Å². The molecule has 0 fully saturated rings. The minimum Gasteiger partial charge on any atom is -0.334 e. The molecule has 1 aromatic heterocycles. The van der Waals surface area contributed by atoms with Crippen molar-refractivity contribution in [2.24, 2.45) is 0 Å². The number of hydrogen-bond donors (Lipinski definition) is 1. The molecule has 0 atom stereocenters. The highest BCUT2D eigenvalue weighted by Gasteiger charge is 2.14. The summed E-state index contributed by atoms with van der Waals surface area (Å²) in [7, 11) is 1.73. The van der Waals surface area contributed by atoms with E-state index in [0.717, 1.165) is 11.3 Å². The Balaban J connectivity index is 1.57. The van der Waals surface area contributed by atoms with Crippen LogP contribution in [0.5, 0.6) is 0 Å². The molecule has 2 aromatic carbocycles. The van der Waals surface area contributed by atoms with Gasteiger partial charge in [0.1, 0.15) is 0 Å². The lowest BCUT2D eigenvalue weighted by atomic mass is 10.1. The molecule has 6 nitrogen and oxygen atoms in total. The Labute approximate surface area is 163 Å². The van der Waals surface area contributed by atoms with Crippen LogP contribution in [-0.4, -0.2) is 34.7 Å². The number of nitrogens with zero attached hydrogens (tertiary/aromatic N) is 3. The topological polar surface area (TPSA) is 71.3 Å². The lowest BCUT2D eigenvalue weighted by Crippen LogP contribution is -2.33. The molecule has 1 heterocycles. The van der Waals surface area contributed by atoms with Crippen LogP contribution in [0, 0.1) is 13.8 Å². The number of halogens is 1. The minimum absolute atomic E-state index is 0.187. The number of carbonyl (C=O) groups is 1. The standard InChI is InChI=1S/C20H21ClN4O2/c1-13-8-9-15(12-14(13)2)22-20(26)25(3)11-10-18-23-19(27-24-18)16-6-4-5-7-17(16)21/h4-9,12H,10-11H2,1-3H3,(H,22,26). The van der Waals surface area contributed by atoms with Crippen LogP contribution in [0.2, 0.25) is 5.02 Å². The number of rotatable bonds is 5. The van der Waals surface area contributed by atoms with Crippen molar-refractivity contribution in [3.05, 3.63) is 64.4 Å². The first-order valence-electron chi connectivity index (χ1n) is 8.61. The highest BCUT2D eigenvalue weighted by Crippen LogP contribution is 2.25. The number of carbonyl (C=O) groups excluding carboxylic acids is 1. The van der Waals surface area contributed by atoms with E-state index in [4.69, 9.17) is 16.1 Å². The van der Waals surface area contributed by atoms with Crippen LogP contribution in [0.15, 0.2) is 47.0 Å². The maximum absolute atomic E-state index is 12.3. The number of amides is 2. The van der Waals surface area contributed by atoms with E-state index in [1.807, 2.05) is 50.2 Å². The average molecular weight is 385 g/mol. The van der Waals surface area contributed by atoms with Gasteiger partial charge in [-0.3, -0.25) is 0 Å². The quantitative estimate of drug-likeness (QED) is 0.691. The molecule has 0 radical (unpaired) electrons. The molecule has 2 amide bonds. The summed E-state index contributed by atoms with van der Waals surface area (Å²) in [6, 6.07) is 12.9. The van der Waals surface area contributed by atoms with Gasteiger partial charge in [-0.15, -0.1) is 0 Å². The second-order valence-electron chi connectivity index (χ2n) is 6.40. The largest absolute Gasteiger partial charge is 0.334 e. The summed E-state index contributed by atoms with van der Waals surface area (Å²) in [6.07, 6.45) is 0.477. The predicted octanol–water partition coefficient (Wildman–Crippen LogP) is 4.71. The van der Waals surface area contributed by atoms with E-state index >= 15 is 0 Å². The molecule has 3 aromatic rings. The molecule has 7 heteroatoms. The lowest BCUT2D eigenvalue weighted by Gasteiger charge is -2.17. The van der Waals surface area contributed by atoms with E-state index in [1.165, 1.54) is 5.56 Å². The van der Waals surface area contributed by atoms with E-state index in [9.17, 15) is 4.79 Å². The molecule has 0 aliphatic heterocycles. The Hall–Kier alpha value is -2.86. The van der Waals surface area contributed by atoms with Crippen LogP contribution in [-0.2, 0) is 6.42 Å². The van der Waals surface area contributed by atoms with Crippen molar-refractivity contribution in [1.82, 2.24) is 15.0 Å². The summed E-state index contributed by atoms with van der Waals surface area (Å²) >= 11 is 6.15. The Morgan fingerprint density at radius 2 is 1.96 bits per heavy atom. The number of urea groups is 1. The van der Waals surface area contributed by atoms with Crippen molar-refractivity contribution in [2.75, 3.05) is 18.9 Å². The lowest BCUT2D eigenvalue weighted by molar-refractivity contribution is 0.222. The number of nitrogens with one attached hydrogen (secondary N) is 1. The van der Waals surface area contributed by atoms with Crippen LogP contribution in [0.3, 0.4) is 0 Å². The summed E-state index contributed by atoms with van der Waals surface area (Å²) < 4.78 is 5.28. The fourth-order valence-electron chi connectivity index (χ4n) is 2.51. The van der Waals surface area contributed by atoms with Gasteiger partial charge in [-0.05, 0) is 49.2 Å². The third kappa shape index (κ3) is 4.65. The molecule has 0 unspecified atom stereocenters. The molecule has 0 bridgehead atoms. The first-order chi connectivity index (χ1) is 12.9. The predicted molar refractivity (Wildman–Crippen MR) is 106 cm³/mol. The van der Waals surface area contributed by atoms with E-state index in [2.05, 4.69) is 15.5 Å². The van der Waals surface area contributed by atoms with Crippen molar-refractivity contribution in [2.45, 2.75) is 20.3 Å². The second kappa shape index (κ2) is 8.22. The van der Waals surface area contributed by atoms with Crippen LogP contribution in [0.1, 0.15) is 17.0 Å². The molecule has 140 valence electrons. The van der Waals surface area contributed by atoms with Crippen molar-refractivity contribution < 1.29 is 9.32 Å². The highest BCUT2D eigenvalue weighted by molar-refractivity contribution is 6.33. The molecule has 27 heavy (non-hydrogen) atoms.